The normalized spacial score (nSPS) is 12.5. The lowest BCUT2D eigenvalue weighted by atomic mass is 9.95. The number of carboxylic acids is 1. The molecule has 1 rings (SSSR count). The molecule has 0 saturated heterocycles. The van der Waals surface area contributed by atoms with Gasteiger partial charge in [0.05, 0.1) is 0 Å². The Bertz CT molecular complexity index is 404. The van der Waals surface area contributed by atoms with Crippen molar-refractivity contribution in [3.05, 3.63) is 33.3 Å². The van der Waals surface area contributed by atoms with E-state index in [9.17, 15) is 4.79 Å². The van der Waals surface area contributed by atoms with E-state index in [2.05, 4.69) is 15.9 Å². The van der Waals surface area contributed by atoms with Crippen LogP contribution in [-0.4, -0.2) is 11.1 Å². The molecule has 4 heteroatoms. The Morgan fingerprint density at radius 2 is 2.12 bits per heavy atom. The molecule has 0 radical (unpaired) electrons. The van der Waals surface area contributed by atoms with Crippen molar-refractivity contribution in [3.63, 3.8) is 0 Å². The van der Waals surface area contributed by atoms with Crippen molar-refractivity contribution in [2.45, 2.75) is 32.7 Å². The lowest BCUT2D eigenvalue weighted by Gasteiger charge is -2.17. The van der Waals surface area contributed by atoms with E-state index in [0.29, 0.717) is 6.42 Å². The summed E-state index contributed by atoms with van der Waals surface area (Å²) in [6, 6.07) is 3.75. The monoisotopic (exact) mass is 285 g/mol. The molecule has 0 aromatic heterocycles. The van der Waals surface area contributed by atoms with Crippen LogP contribution >= 0.6 is 15.9 Å². The molecular weight excluding hydrogens is 270 g/mol. The number of hydrogen-bond donors (Lipinski definition) is 2. The summed E-state index contributed by atoms with van der Waals surface area (Å²) >= 11 is 3.46. The molecule has 88 valence electrons. The number of aryl methyl sites for hydroxylation is 1. The van der Waals surface area contributed by atoms with Gasteiger partial charge >= 0.3 is 5.97 Å². The van der Waals surface area contributed by atoms with Crippen LogP contribution in [0.1, 0.15) is 35.6 Å². The molecule has 1 atom stereocenters. The molecule has 0 spiro atoms. The fraction of sp³-hybridized carbons (Fsp3) is 0.417. The third-order valence-electron chi connectivity index (χ3n) is 2.77. The van der Waals surface area contributed by atoms with Crippen LogP contribution in [0.2, 0.25) is 0 Å². The zero-order chi connectivity index (χ0) is 12.3. The summed E-state index contributed by atoms with van der Waals surface area (Å²) < 4.78 is 0.952. The number of benzene rings is 1. The maximum Gasteiger partial charge on any atom is 0.303 e. The van der Waals surface area contributed by atoms with E-state index in [1.807, 2.05) is 26.0 Å². The Balaban J connectivity index is 2.94. The van der Waals surface area contributed by atoms with Gasteiger partial charge in [0.15, 0.2) is 0 Å². The quantitative estimate of drug-likeness (QED) is 0.894. The topological polar surface area (TPSA) is 63.3 Å². The smallest absolute Gasteiger partial charge is 0.303 e. The second-order valence-electron chi connectivity index (χ2n) is 3.94. The summed E-state index contributed by atoms with van der Waals surface area (Å²) in [5.74, 6) is -0.808. The molecule has 1 unspecified atom stereocenters. The fourth-order valence-electron chi connectivity index (χ4n) is 1.68. The average molecular weight is 286 g/mol. The third-order valence-corrected chi connectivity index (χ3v) is 3.46. The highest BCUT2D eigenvalue weighted by Gasteiger charge is 2.15. The summed E-state index contributed by atoms with van der Waals surface area (Å²) in [6.07, 6.45) is 0.555. The molecule has 0 heterocycles. The molecule has 1 aromatic rings. The second-order valence-corrected chi connectivity index (χ2v) is 4.80. The average Bonchev–Trinajstić information content (AvgIpc) is 2.21. The van der Waals surface area contributed by atoms with Crippen LogP contribution in [0.5, 0.6) is 0 Å². The van der Waals surface area contributed by atoms with Gasteiger partial charge in [0.25, 0.3) is 0 Å². The Hall–Kier alpha value is -0.870. The Morgan fingerprint density at radius 1 is 1.50 bits per heavy atom. The van der Waals surface area contributed by atoms with Crippen molar-refractivity contribution in [2.24, 2.45) is 5.73 Å². The number of halogens is 1. The first-order valence-corrected chi connectivity index (χ1v) is 5.95. The van der Waals surface area contributed by atoms with E-state index in [1.165, 1.54) is 5.56 Å². The molecular formula is C12H16BrNO2. The van der Waals surface area contributed by atoms with Crippen LogP contribution in [0.25, 0.3) is 0 Å². The van der Waals surface area contributed by atoms with E-state index in [4.69, 9.17) is 10.8 Å². The third kappa shape index (κ3) is 3.06. The zero-order valence-electron chi connectivity index (χ0n) is 9.46. The van der Waals surface area contributed by atoms with Crippen molar-refractivity contribution >= 4 is 21.9 Å². The van der Waals surface area contributed by atoms with Crippen molar-refractivity contribution < 1.29 is 9.90 Å². The van der Waals surface area contributed by atoms with Crippen LogP contribution < -0.4 is 5.73 Å². The van der Waals surface area contributed by atoms with Gasteiger partial charge < -0.3 is 10.8 Å². The first-order chi connectivity index (χ1) is 7.43. The van der Waals surface area contributed by atoms with Crippen LogP contribution in [0.15, 0.2) is 16.6 Å². The van der Waals surface area contributed by atoms with Crippen molar-refractivity contribution in [3.8, 4) is 0 Å². The number of carbonyl (C=O) groups is 1. The molecule has 0 aliphatic carbocycles. The van der Waals surface area contributed by atoms with Crippen molar-refractivity contribution in [2.75, 3.05) is 0 Å². The standard InChI is InChI=1S/C12H16BrNO2/c1-7-3-4-9(13)12(8(7)2)10(14)5-6-11(15)16/h3-4,10H,5-6,14H2,1-2H3,(H,15,16). The molecule has 16 heavy (non-hydrogen) atoms. The summed E-state index contributed by atoms with van der Waals surface area (Å²) in [5.41, 5.74) is 9.34. The first-order valence-electron chi connectivity index (χ1n) is 5.16. The van der Waals surface area contributed by atoms with E-state index in [-0.39, 0.29) is 12.5 Å². The summed E-state index contributed by atoms with van der Waals surface area (Å²) in [4.78, 5) is 10.5. The van der Waals surface area contributed by atoms with Gasteiger partial charge in [-0.2, -0.15) is 0 Å². The molecule has 0 amide bonds. The van der Waals surface area contributed by atoms with Crippen LogP contribution in [0.4, 0.5) is 0 Å². The number of hydrogen-bond acceptors (Lipinski definition) is 2. The largest absolute Gasteiger partial charge is 0.481 e. The number of aliphatic carboxylic acids is 1. The van der Waals surface area contributed by atoms with E-state index >= 15 is 0 Å². The second kappa shape index (κ2) is 5.46. The van der Waals surface area contributed by atoms with Gasteiger partial charge in [-0.3, -0.25) is 4.79 Å². The zero-order valence-corrected chi connectivity index (χ0v) is 11.0. The molecule has 3 N–H and O–H groups in total. The Labute approximate surface area is 104 Å². The SMILES string of the molecule is Cc1ccc(Br)c(C(N)CCC(=O)O)c1C. The minimum absolute atomic E-state index is 0.0982. The summed E-state index contributed by atoms with van der Waals surface area (Å²) in [7, 11) is 0. The first kappa shape index (κ1) is 13.2. The van der Waals surface area contributed by atoms with Gasteiger partial charge in [-0.15, -0.1) is 0 Å². The maximum atomic E-state index is 10.5. The van der Waals surface area contributed by atoms with Crippen molar-refractivity contribution in [1.29, 1.82) is 0 Å². The van der Waals surface area contributed by atoms with Gasteiger partial charge in [0.2, 0.25) is 0 Å². The van der Waals surface area contributed by atoms with Crippen LogP contribution in [-0.2, 0) is 4.79 Å². The molecule has 0 aliphatic heterocycles. The van der Waals surface area contributed by atoms with Gasteiger partial charge in [0, 0.05) is 16.9 Å². The lowest BCUT2D eigenvalue weighted by molar-refractivity contribution is -0.137. The molecule has 0 fully saturated rings. The lowest BCUT2D eigenvalue weighted by Crippen LogP contribution is -2.14. The molecule has 0 aliphatic rings. The van der Waals surface area contributed by atoms with Gasteiger partial charge in [-0.1, -0.05) is 22.0 Å². The van der Waals surface area contributed by atoms with E-state index in [0.717, 1.165) is 15.6 Å². The molecule has 0 bridgehead atoms. The molecule has 0 saturated carbocycles. The van der Waals surface area contributed by atoms with Crippen LogP contribution in [0.3, 0.4) is 0 Å². The molecule has 1 aromatic carbocycles. The molecule has 3 nitrogen and oxygen atoms in total. The predicted molar refractivity (Wildman–Crippen MR) is 67.4 cm³/mol. The Morgan fingerprint density at radius 3 is 2.69 bits per heavy atom. The minimum Gasteiger partial charge on any atom is -0.481 e. The fourth-order valence-corrected chi connectivity index (χ4v) is 2.41. The van der Waals surface area contributed by atoms with Crippen LogP contribution in [0, 0.1) is 13.8 Å². The van der Waals surface area contributed by atoms with Crippen molar-refractivity contribution in [1.82, 2.24) is 0 Å². The Kier molecular flexibility index (Phi) is 4.50. The number of carboxylic acid groups (broad SMARTS) is 1. The highest BCUT2D eigenvalue weighted by Crippen LogP contribution is 2.29. The summed E-state index contributed by atoms with van der Waals surface area (Å²) in [5, 5.41) is 8.64. The highest BCUT2D eigenvalue weighted by atomic mass is 79.9. The minimum atomic E-state index is -0.808. The van der Waals surface area contributed by atoms with E-state index in [1.54, 1.807) is 0 Å². The predicted octanol–water partition coefficient (Wildman–Crippen LogP) is 2.93. The maximum absolute atomic E-state index is 10.5. The van der Waals surface area contributed by atoms with E-state index < -0.39 is 5.97 Å². The highest BCUT2D eigenvalue weighted by molar-refractivity contribution is 9.10. The number of nitrogens with two attached hydrogens (primary N) is 1. The van der Waals surface area contributed by atoms with Gasteiger partial charge in [-0.05, 0) is 43.0 Å². The van der Waals surface area contributed by atoms with Gasteiger partial charge in [0.1, 0.15) is 0 Å². The summed E-state index contributed by atoms with van der Waals surface area (Å²) in [6.45, 7) is 4.03. The number of rotatable bonds is 4. The van der Waals surface area contributed by atoms with Gasteiger partial charge in [-0.25, -0.2) is 0 Å².